The molecule has 1 saturated heterocycles. The Bertz CT molecular complexity index is 355. The van der Waals surface area contributed by atoms with Crippen molar-refractivity contribution < 1.29 is 4.74 Å². The summed E-state index contributed by atoms with van der Waals surface area (Å²) in [6.07, 6.45) is 3.92. The van der Waals surface area contributed by atoms with Gasteiger partial charge in [0.15, 0.2) is 5.96 Å². The van der Waals surface area contributed by atoms with E-state index in [1.54, 1.807) is 7.11 Å². The van der Waals surface area contributed by atoms with Gasteiger partial charge in [-0.2, -0.15) is 0 Å². The van der Waals surface area contributed by atoms with E-state index in [-0.39, 0.29) is 5.54 Å². The fraction of sp³-hybridized carbons (Fsp3) is 0.923. The van der Waals surface area contributed by atoms with Crippen LogP contribution in [0.2, 0.25) is 0 Å². The van der Waals surface area contributed by atoms with Crippen LogP contribution in [0, 0.1) is 0 Å². The van der Waals surface area contributed by atoms with Gasteiger partial charge in [0.1, 0.15) is 0 Å². The number of aliphatic imine (C=N–C) groups is 1. The van der Waals surface area contributed by atoms with Crippen molar-refractivity contribution >= 4 is 5.96 Å². The highest BCUT2D eigenvalue weighted by molar-refractivity contribution is 5.81. The first kappa shape index (κ1) is 12.2. The Morgan fingerprint density at radius 3 is 2.94 bits per heavy atom. The molecule has 5 heteroatoms. The quantitative estimate of drug-likeness (QED) is 0.780. The second-order valence-corrected chi connectivity index (χ2v) is 6.00. The van der Waals surface area contributed by atoms with E-state index in [1.165, 1.54) is 19.3 Å². The molecule has 1 spiro atoms. The van der Waals surface area contributed by atoms with Gasteiger partial charge in [-0.3, -0.25) is 9.89 Å². The largest absolute Gasteiger partial charge is 0.383 e. The summed E-state index contributed by atoms with van der Waals surface area (Å²) >= 11 is 0. The molecule has 0 amide bonds. The second-order valence-electron chi connectivity index (χ2n) is 6.00. The van der Waals surface area contributed by atoms with Crippen LogP contribution in [0.4, 0.5) is 0 Å². The van der Waals surface area contributed by atoms with Crippen LogP contribution in [0.3, 0.4) is 0 Å². The zero-order valence-corrected chi connectivity index (χ0v) is 11.4. The van der Waals surface area contributed by atoms with Crippen molar-refractivity contribution in [1.29, 1.82) is 0 Å². The number of hydrogen-bond donors (Lipinski definition) is 1. The predicted molar refractivity (Wildman–Crippen MR) is 71.6 cm³/mol. The molecule has 2 unspecified atom stereocenters. The molecular weight excluding hydrogens is 228 g/mol. The van der Waals surface area contributed by atoms with Crippen molar-refractivity contribution in [3.8, 4) is 0 Å². The molecule has 2 atom stereocenters. The van der Waals surface area contributed by atoms with Crippen molar-refractivity contribution in [3.05, 3.63) is 0 Å². The Kier molecular flexibility index (Phi) is 2.98. The standard InChI is InChI=1S/C13H24N4O/c1-10-7-13(9-16(10)11-3-4-11)8-15-12(14)17(13)5-6-18-2/h10-11H,3-9H2,1-2H3,(H2,14,15). The van der Waals surface area contributed by atoms with Crippen LogP contribution < -0.4 is 5.73 Å². The molecule has 5 nitrogen and oxygen atoms in total. The summed E-state index contributed by atoms with van der Waals surface area (Å²) < 4.78 is 5.20. The summed E-state index contributed by atoms with van der Waals surface area (Å²) in [7, 11) is 1.74. The van der Waals surface area contributed by atoms with Crippen molar-refractivity contribution in [1.82, 2.24) is 9.80 Å². The van der Waals surface area contributed by atoms with Crippen LogP contribution in [-0.2, 0) is 4.74 Å². The molecule has 1 aliphatic carbocycles. The molecule has 0 radical (unpaired) electrons. The highest BCUT2D eigenvalue weighted by atomic mass is 16.5. The predicted octanol–water partition coefficient (Wildman–Crippen LogP) is 0.259. The summed E-state index contributed by atoms with van der Waals surface area (Å²) in [5.74, 6) is 0.705. The molecule has 2 heterocycles. The fourth-order valence-corrected chi connectivity index (χ4v) is 3.61. The highest BCUT2D eigenvalue weighted by Gasteiger charge is 2.52. The summed E-state index contributed by atoms with van der Waals surface area (Å²) in [4.78, 5) is 9.44. The van der Waals surface area contributed by atoms with E-state index in [2.05, 4.69) is 21.7 Å². The monoisotopic (exact) mass is 252 g/mol. The van der Waals surface area contributed by atoms with Crippen LogP contribution in [0.1, 0.15) is 26.2 Å². The van der Waals surface area contributed by atoms with E-state index in [9.17, 15) is 0 Å². The number of nitrogens with zero attached hydrogens (tertiary/aromatic N) is 3. The van der Waals surface area contributed by atoms with Gasteiger partial charge in [0.2, 0.25) is 0 Å². The maximum atomic E-state index is 6.06. The topological polar surface area (TPSA) is 54.1 Å². The van der Waals surface area contributed by atoms with Gasteiger partial charge < -0.3 is 15.4 Å². The van der Waals surface area contributed by atoms with Crippen molar-refractivity contribution in [3.63, 3.8) is 0 Å². The van der Waals surface area contributed by atoms with Gasteiger partial charge >= 0.3 is 0 Å². The number of guanidine groups is 1. The van der Waals surface area contributed by atoms with Gasteiger partial charge in [-0.25, -0.2) is 0 Å². The van der Waals surface area contributed by atoms with Crippen molar-refractivity contribution in [2.24, 2.45) is 10.7 Å². The smallest absolute Gasteiger partial charge is 0.191 e. The molecule has 18 heavy (non-hydrogen) atoms. The Morgan fingerprint density at radius 1 is 1.50 bits per heavy atom. The SMILES string of the molecule is COCCN1C(N)=NCC12CC(C)N(C1CC1)C2. The van der Waals surface area contributed by atoms with E-state index in [1.807, 2.05) is 0 Å². The number of rotatable bonds is 4. The number of nitrogens with two attached hydrogens (primary N) is 1. The minimum atomic E-state index is 0.143. The minimum absolute atomic E-state index is 0.143. The first-order chi connectivity index (χ1) is 8.66. The first-order valence-corrected chi connectivity index (χ1v) is 6.98. The Hall–Kier alpha value is -0.810. The maximum Gasteiger partial charge on any atom is 0.191 e. The molecule has 3 rings (SSSR count). The zero-order chi connectivity index (χ0) is 12.8. The van der Waals surface area contributed by atoms with Gasteiger partial charge in [0, 0.05) is 32.3 Å². The van der Waals surface area contributed by atoms with Crippen LogP contribution in [0.5, 0.6) is 0 Å². The molecule has 0 bridgehead atoms. The van der Waals surface area contributed by atoms with E-state index in [4.69, 9.17) is 10.5 Å². The molecule has 0 aromatic rings. The third-order valence-electron chi connectivity index (χ3n) is 4.64. The lowest BCUT2D eigenvalue weighted by molar-refractivity contribution is 0.129. The van der Waals surface area contributed by atoms with Crippen molar-refractivity contribution in [2.45, 2.75) is 43.8 Å². The number of ether oxygens (including phenoxy) is 1. The van der Waals surface area contributed by atoms with Gasteiger partial charge in [-0.1, -0.05) is 0 Å². The molecule has 0 aromatic heterocycles. The number of methoxy groups -OCH3 is 1. The number of hydrogen-bond acceptors (Lipinski definition) is 5. The molecule has 2 N–H and O–H groups in total. The summed E-state index contributed by atoms with van der Waals surface area (Å²) in [5, 5.41) is 0. The molecule has 2 fully saturated rings. The molecule has 2 aliphatic heterocycles. The average Bonchev–Trinajstić information content (AvgIpc) is 3.07. The molecule has 3 aliphatic rings. The maximum absolute atomic E-state index is 6.06. The normalized spacial score (nSPS) is 36.7. The third kappa shape index (κ3) is 1.89. The van der Waals surface area contributed by atoms with Crippen molar-refractivity contribution in [2.75, 3.05) is 33.4 Å². The van der Waals surface area contributed by atoms with E-state index in [0.29, 0.717) is 12.0 Å². The fourth-order valence-electron chi connectivity index (χ4n) is 3.61. The van der Waals surface area contributed by atoms with E-state index >= 15 is 0 Å². The van der Waals surface area contributed by atoms with Crippen LogP contribution in [0.25, 0.3) is 0 Å². The van der Waals surface area contributed by atoms with Crippen LogP contribution in [-0.4, -0.2) is 66.7 Å². The lowest BCUT2D eigenvalue weighted by Gasteiger charge is -2.36. The molecule has 1 saturated carbocycles. The third-order valence-corrected chi connectivity index (χ3v) is 4.64. The van der Waals surface area contributed by atoms with Crippen LogP contribution >= 0.6 is 0 Å². The Morgan fingerprint density at radius 2 is 2.28 bits per heavy atom. The second kappa shape index (κ2) is 4.38. The van der Waals surface area contributed by atoms with Gasteiger partial charge in [0.05, 0.1) is 18.7 Å². The summed E-state index contributed by atoms with van der Waals surface area (Å²) in [5.41, 5.74) is 6.20. The molecule has 102 valence electrons. The summed E-state index contributed by atoms with van der Waals surface area (Å²) in [6.45, 7) is 5.89. The minimum Gasteiger partial charge on any atom is -0.383 e. The lowest BCUT2D eigenvalue weighted by atomic mass is 9.95. The Labute approximate surface area is 109 Å². The van der Waals surface area contributed by atoms with Gasteiger partial charge in [0.25, 0.3) is 0 Å². The number of likely N-dealkylation sites (tertiary alicyclic amines) is 1. The Balaban J connectivity index is 1.73. The van der Waals surface area contributed by atoms with E-state index in [0.717, 1.165) is 32.3 Å². The van der Waals surface area contributed by atoms with Gasteiger partial charge in [-0.15, -0.1) is 0 Å². The van der Waals surface area contributed by atoms with Gasteiger partial charge in [-0.05, 0) is 26.2 Å². The average molecular weight is 252 g/mol. The summed E-state index contributed by atoms with van der Waals surface area (Å²) in [6, 6.07) is 1.48. The highest BCUT2D eigenvalue weighted by Crippen LogP contribution is 2.41. The van der Waals surface area contributed by atoms with E-state index < -0.39 is 0 Å². The first-order valence-electron chi connectivity index (χ1n) is 6.98. The molecule has 0 aromatic carbocycles. The van der Waals surface area contributed by atoms with Crippen LogP contribution in [0.15, 0.2) is 4.99 Å². The lowest BCUT2D eigenvalue weighted by Crippen LogP contribution is -2.54. The molecular formula is C13H24N4O. The zero-order valence-electron chi connectivity index (χ0n) is 11.4.